The van der Waals surface area contributed by atoms with Crippen molar-refractivity contribution < 1.29 is 4.74 Å². The summed E-state index contributed by atoms with van der Waals surface area (Å²) in [5.74, 6) is 1.55. The Morgan fingerprint density at radius 3 is 2.95 bits per heavy atom. The van der Waals surface area contributed by atoms with Crippen molar-refractivity contribution in [2.75, 3.05) is 20.3 Å². The summed E-state index contributed by atoms with van der Waals surface area (Å²) < 4.78 is 9.20. The van der Waals surface area contributed by atoms with Crippen molar-refractivity contribution in [2.24, 2.45) is 0 Å². The van der Waals surface area contributed by atoms with Crippen LogP contribution in [0.4, 0.5) is 0 Å². The highest BCUT2D eigenvalue weighted by Crippen LogP contribution is 2.41. The Morgan fingerprint density at radius 2 is 2.20 bits per heavy atom. The molecule has 20 heavy (non-hydrogen) atoms. The van der Waals surface area contributed by atoms with Crippen molar-refractivity contribution in [3.8, 4) is 0 Å². The van der Waals surface area contributed by atoms with Crippen molar-refractivity contribution in [3.63, 3.8) is 0 Å². The minimum Gasteiger partial charge on any atom is -0.379 e. The van der Waals surface area contributed by atoms with Crippen LogP contribution in [0.15, 0.2) is 22.7 Å². The maximum absolute atomic E-state index is 5.66. The van der Waals surface area contributed by atoms with Gasteiger partial charge in [-0.15, -0.1) is 0 Å². The predicted molar refractivity (Wildman–Crippen MR) is 82.1 cm³/mol. The maximum atomic E-state index is 5.66. The molecule has 2 atom stereocenters. The molecule has 2 fully saturated rings. The fourth-order valence-corrected chi connectivity index (χ4v) is 3.51. The monoisotopic (exact) mass is 335 g/mol. The van der Waals surface area contributed by atoms with Crippen LogP contribution in [0.25, 0.3) is 11.0 Å². The van der Waals surface area contributed by atoms with E-state index in [1.807, 2.05) is 7.05 Å². The third-order valence-corrected chi connectivity index (χ3v) is 4.87. The van der Waals surface area contributed by atoms with Gasteiger partial charge in [-0.05, 0) is 38.1 Å². The minimum absolute atomic E-state index is 0.353. The second-order valence-electron chi connectivity index (χ2n) is 5.74. The largest absolute Gasteiger partial charge is 0.379 e. The Morgan fingerprint density at radius 1 is 1.35 bits per heavy atom. The molecule has 1 aromatic heterocycles. The van der Waals surface area contributed by atoms with Crippen LogP contribution in [0.3, 0.4) is 0 Å². The van der Waals surface area contributed by atoms with Crippen LogP contribution in [-0.4, -0.2) is 35.9 Å². The molecule has 2 aromatic rings. The highest BCUT2D eigenvalue weighted by molar-refractivity contribution is 9.10. The number of likely N-dealkylation sites (N-methyl/N-ethyl adjacent to an activating group) is 1. The van der Waals surface area contributed by atoms with Gasteiger partial charge in [-0.3, -0.25) is 0 Å². The molecule has 4 rings (SSSR count). The molecule has 5 heteroatoms. The summed E-state index contributed by atoms with van der Waals surface area (Å²) in [6.45, 7) is 1.54. The molecule has 1 saturated carbocycles. The molecule has 0 radical (unpaired) electrons. The van der Waals surface area contributed by atoms with E-state index in [-0.39, 0.29) is 0 Å². The Hall–Kier alpha value is -0.910. The molecule has 2 unspecified atom stereocenters. The van der Waals surface area contributed by atoms with E-state index in [1.54, 1.807) is 0 Å². The first-order chi connectivity index (χ1) is 9.78. The van der Waals surface area contributed by atoms with Gasteiger partial charge >= 0.3 is 0 Å². The smallest absolute Gasteiger partial charge is 0.117 e. The van der Waals surface area contributed by atoms with Crippen LogP contribution in [-0.2, 0) is 4.74 Å². The molecule has 0 amide bonds. The van der Waals surface area contributed by atoms with Crippen molar-refractivity contribution >= 4 is 27.0 Å². The second-order valence-corrected chi connectivity index (χ2v) is 6.66. The molecule has 1 aliphatic carbocycles. The van der Waals surface area contributed by atoms with Gasteiger partial charge in [0.15, 0.2) is 0 Å². The van der Waals surface area contributed by atoms with Gasteiger partial charge in [-0.25, -0.2) is 4.98 Å². The summed E-state index contributed by atoms with van der Waals surface area (Å²) in [5, 5.41) is 3.37. The molecule has 2 heterocycles. The number of nitrogens with one attached hydrogen (secondary N) is 1. The van der Waals surface area contributed by atoms with E-state index in [0.29, 0.717) is 18.0 Å². The van der Waals surface area contributed by atoms with Crippen molar-refractivity contribution in [2.45, 2.75) is 30.8 Å². The van der Waals surface area contributed by atoms with E-state index in [1.165, 1.54) is 24.2 Å². The average molecular weight is 336 g/mol. The molecule has 1 saturated heterocycles. The molecule has 0 bridgehead atoms. The summed E-state index contributed by atoms with van der Waals surface area (Å²) >= 11 is 3.54. The molecule has 2 aliphatic rings. The molecule has 0 spiro atoms. The number of hydrogen-bond acceptors (Lipinski definition) is 3. The number of aromatic nitrogens is 2. The van der Waals surface area contributed by atoms with Gasteiger partial charge < -0.3 is 14.6 Å². The van der Waals surface area contributed by atoms with Gasteiger partial charge in [0.25, 0.3) is 0 Å². The normalized spacial score (nSPS) is 26.5. The number of benzene rings is 1. The number of hydrogen-bond donors (Lipinski definition) is 1. The number of ether oxygens (including phenoxy) is 1. The summed E-state index contributed by atoms with van der Waals surface area (Å²) in [6.07, 6.45) is 2.54. The van der Waals surface area contributed by atoms with E-state index < -0.39 is 0 Å². The van der Waals surface area contributed by atoms with Gasteiger partial charge in [-0.1, -0.05) is 15.9 Å². The summed E-state index contributed by atoms with van der Waals surface area (Å²) in [4.78, 5) is 4.93. The van der Waals surface area contributed by atoms with E-state index in [4.69, 9.17) is 9.72 Å². The molecule has 1 aliphatic heterocycles. The zero-order valence-electron chi connectivity index (χ0n) is 11.5. The van der Waals surface area contributed by atoms with Crippen molar-refractivity contribution in [3.05, 3.63) is 28.5 Å². The fraction of sp³-hybridized carbons (Fsp3) is 0.533. The third kappa shape index (κ3) is 2.00. The Labute approximate surface area is 126 Å². The Bertz CT molecular complexity index is 650. The standard InChI is InChI=1S/C15H18BrN3O/c1-17-13-8-20-7-11(13)15-18-12-6-9(16)2-5-14(12)19(15)10-3-4-10/h2,5-6,10-11,13,17H,3-4,7-8H2,1H3. The zero-order chi connectivity index (χ0) is 13.7. The lowest BCUT2D eigenvalue weighted by atomic mass is 10.0. The van der Waals surface area contributed by atoms with Crippen LogP contribution >= 0.6 is 15.9 Å². The maximum Gasteiger partial charge on any atom is 0.117 e. The number of imidazole rings is 1. The first-order valence-electron chi connectivity index (χ1n) is 7.20. The van der Waals surface area contributed by atoms with E-state index >= 15 is 0 Å². The van der Waals surface area contributed by atoms with Crippen LogP contribution in [0.2, 0.25) is 0 Å². The fourth-order valence-electron chi connectivity index (χ4n) is 3.16. The Balaban J connectivity index is 1.87. The van der Waals surface area contributed by atoms with Gasteiger partial charge in [0.2, 0.25) is 0 Å². The lowest BCUT2D eigenvalue weighted by molar-refractivity contribution is 0.187. The van der Waals surface area contributed by atoms with Gasteiger partial charge in [0.1, 0.15) is 5.82 Å². The Kier molecular flexibility index (Phi) is 3.09. The van der Waals surface area contributed by atoms with E-state index in [2.05, 4.69) is 44.0 Å². The highest BCUT2D eigenvalue weighted by atomic mass is 79.9. The zero-order valence-corrected chi connectivity index (χ0v) is 13.1. The molecule has 1 aromatic carbocycles. The summed E-state index contributed by atoms with van der Waals surface area (Å²) in [5.41, 5.74) is 2.34. The molecule has 1 N–H and O–H groups in total. The number of nitrogens with zero attached hydrogens (tertiary/aromatic N) is 2. The highest BCUT2D eigenvalue weighted by Gasteiger charge is 2.36. The van der Waals surface area contributed by atoms with Gasteiger partial charge in [-0.2, -0.15) is 0 Å². The molecular weight excluding hydrogens is 318 g/mol. The lowest BCUT2D eigenvalue weighted by Crippen LogP contribution is -2.32. The van der Waals surface area contributed by atoms with Gasteiger partial charge in [0, 0.05) is 16.6 Å². The van der Waals surface area contributed by atoms with E-state index in [0.717, 1.165) is 23.2 Å². The lowest BCUT2D eigenvalue weighted by Gasteiger charge is -2.18. The first-order valence-corrected chi connectivity index (χ1v) is 7.99. The van der Waals surface area contributed by atoms with Crippen molar-refractivity contribution in [1.82, 2.24) is 14.9 Å². The molecule has 106 valence electrons. The van der Waals surface area contributed by atoms with Crippen LogP contribution in [0.1, 0.15) is 30.6 Å². The number of rotatable bonds is 3. The third-order valence-electron chi connectivity index (χ3n) is 4.37. The summed E-state index contributed by atoms with van der Waals surface area (Å²) in [7, 11) is 2.01. The number of fused-ring (bicyclic) bond motifs is 1. The quantitative estimate of drug-likeness (QED) is 0.937. The van der Waals surface area contributed by atoms with Crippen LogP contribution in [0, 0.1) is 0 Å². The predicted octanol–water partition coefficient (Wildman–Crippen LogP) is 2.84. The summed E-state index contributed by atoms with van der Waals surface area (Å²) in [6, 6.07) is 7.40. The van der Waals surface area contributed by atoms with Gasteiger partial charge in [0.05, 0.1) is 30.2 Å². The topological polar surface area (TPSA) is 39.1 Å². The van der Waals surface area contributed by atoms with Crippen LogP contribution < -0.4 is 5.32 Å². The molecule has 4 nitrogen and oxygen atoms in total. The average Bonchev–Trinajstić information content (AvgIpc) is 3.05. The minimum atomic E-state index is 0.353. The second kappa shape index (κ2) is 4.83. The van der Waals surface area contributed by atoms with E-state index in [9.17, 15) is 0 Å². The first kappa shape index (κ1) is 12.8. The SMILES string of the molecule is CNC1COCC1c1nc2cc(Br)ccc2n1C1CC1. The van der Waals surface area contributed by atoms with Crippen LogP contribution in [0.5, 0.6) is 0 Å². The number of halogens is 1. The molecular formula is C15H18BrN3O. The van der Waals surface area contributed by atoms with Crippen molar-refractivity contribution in [1.29, 1.82) is 0 Å².